The number of carbonyl (C=O) groups excluding carboxylic acids is 1. The van der Waals surface area contributed by atoms with Crippen LogP contribution in [0.3, 0.4) is 0 Å². The third-order valence-electron chi connectivity index (χ3n) is 2.92. The number of para-hydroxylation sites is 2. The topological polar surface area (TPSA) is 29.5 Å². The van der Waals surface area contributed by atoms with E-state index in [0.29, 0.717) is 22.0 Å². The average Bonchev–Trinajstić information content (AvgIpc) is 2.48. The lowest BCUT2D eigenvalue weighted by Crippen LogP contribution is -2.26. The molecule has 5 heteroatoms. The average molecular weight is 355 g/mol. The number of rotatable bonds is 3. The first kappa shape index (κ1) is 14.9. The molecule has 0 unspecified atom stereocenters. The summed E-state index contributed by atoms with van der Waals surface area (Å²) >= 11 is 9.33. The van der Waals surface area contributed by atoms with Crippen molar-refractivity contribution in [3.05, 3.63) is 57.5 Å². The first-order valence-corrected chi connectivity index (χ1v) is 7.08. The number of ether oxygens (including phenoxy) is 1. The third kappa shape index (κ3) is 2.97. The Morgan fingerprint density at radius 2 is 1.95 bits per heavy atom. The highest BCUT2D eigenvalue weighted by Gasteiger charge is 2.17. The molecule has 0 fully saturated rings. The lowest BCUT2D eigenvalue weighted by molar-refractivity contribution is 0.0992. The Morgan fingerprint density at radius 3 is 2.60 bits per heavy atom. The predicted octanol–water partition coefficient (Wildman–Crippen LogP) is 4.39. The van der Waals surface area contributed by atoms with Gasteiger partial charge >= 0.3 is 0 Å². The van der Waals surface area contributed by atoms with Crippen LogP contribution in [0.4, 0.5) is 5.69 Å². The van der Waals surface area contributed by atoms with Crippen molar-refractivity contribution in [2.24, 2.45) is 0 Å². The number of carbonyl (C=O) groups is 1. The Kier molecular flexibility index (Phi) is 4.68. The van der Waals surface area contributed by atoms with Gasteiger partial charge in [0, 0.05) is 17.1 Å². The van der Waals surface area contributed by atoms with Gasteiger partial charge in [0.05, 0.1) is 17.8 Å². The van der Waals surface area contributed by atoms with E-state index in [0.717, 1.165) is 4.47 Å². The molecule has 0 saturated carbocycles. The number of halogens is 2. The van der Waals surface area contributed by atoms with E-state index in [-0.39, 0.29) is 5.91 Å². The monoisotopic (exact) mass is 353 g/mol. The van der Waals surface area contributed by atoms with Crippen molar-refractivity contribution in [3.8, 4) is 5.75 Å². The lowest BCUT2D eigenvalue weighted by atomic mass is 10.2. The fourth-order valence-electron chi connectivity index (χ4n) is 1.84. The summed E-state index contributed by atoms with van der Waals surface area (Å²) in [5.41, 5.74) is 1.23. The van der Waals surface area contributed by atoms with Gasteiger partial charge < -0.3 is 9.64 Å². The van der Waals surface area contributed by atoms with Gasteiger partial charge in [-0.25, -0.2) is 0 Å². The van der Waals surface area contributed by atoms with Gasteiger partial charge in [0.1, 0.15) is 5.75 Å². The maximum atomic E-state index is 12.5. The number of hydrogen-bond donors (Lipinski definition) is 0. The van der Waals surface area contributed by atoms with Crippen LogP contribution in [0.25, 0.3) is 0 Å². The molecular formula is C15H13BrClNO2. The zero-order valence-electron chi connectivity index (χ0n) is 11.1. The van der Waals surface area contributed by atoms with Gasteiger partial charge in [0.2, 0.25) is 0 Å². The van der Waals surface area contributed by atoms with Crippen molar-refractivity contribution in [1.82, 2.24) is 0 Å². The molecule has 3 nitrogen and oxygen atoms in total. The summed E-state index contributed by atoms with van der Waals surface area (Å²) in [5, 5.41) is 0.504. The molecule has 0 aliphatic heterocycles. The van der Waals surface area contributed by atoms with Gasteiger partial charge in [-0.2, -0.15) is 0 Å². The van der Waals surface area contributed by atoms with E-state index in [1.165, 1.54) is 0 Å². The van der Waals surface area contributed by atoms with Crippen molar-refractivity contribution in [2.45, 2.75) is 0 Å². The molecule has 0 radical (unpaired) electrons. The molecule has 0 N–H and O–H groups in total. The number of methoxy groups -OCH3 is 1. The Morgan fingerprint density at radius 1 is 1.25 bits per heavy atom. The molecule has 0 aliphatic rings. The summed E-state index contributed by atoms with van der Waals surface area (Å²) in [6.45, 7) is 0. The quantitative estimate of drug-likeness (QED) is 0.818. The Hall–Kier alpha value is -1.52. The highest BCUT2D eigenvalue weighted by molar-refractivity contribution is 9.10. The van der Waals surface area contributed by atoms with Crippen molar-refractivity contribution >= 4 is 39.1 Å². The Balaban J connectivity index is 2.34. The number of anilines is 1. The van der Waals surface area contributed by atoms with Crippen LogP contribution in [-0.2, 0) is 0 Å². The zero-order valence-corrected chi connectivity index (χ0v) is 13.4. The summed E-state index contributed by atoms with van der Waals surface area (Å²) in [4.78, 5) is 14.0. The summed E-state index contributed by atoms with van der Waals surface area (Å²) < 4.78 is 6.03. The maximum Gasteiger partial charge on any atom is 0.258 e. The molecule has 0 aliphatic carbocycles. The van der Waals surface area contributed by atoms with Gasteiger partial charge in [-0.15, -0.1) is 0 Å². The van der Waals surface area contributed by atoms with E-state index in [1.54, 1.807) is 37.3 Å². The molecule has 0 bridgehead atoms. The van der Waals surface area contributed by atoms with Crippen molar-refractivity contribution in [3.63, 3.8) is 0 Å². The molecule has 2 aromatic rings. The van der Waals surface area contributed by atoms with Crippen LogP contribution in [0.1, 0.15) is 10.4 Å². The van der Waals surface area contributed by atoms with Crippen LogP contribution < -0.4 is 9.64 Å². The third-order valence-corrected chi connectivity index (χ3v) is 4.15. The van der Waals surface area contributed by atoms with Gasteiger partial charge in [-0.1, -0.05) is 23.7 Å². The Bertz CT molecular complexity index is 646. The first-order chi connectivity index (χ1) is 9.54. The SMILES string of the molecule is COc1ccccc1N(C)C(=O)c1ccc(Br)c(Cl)c1. The molecule has 2 aromatic carbocycles. The molecule has 2 rings (SSSR count). The van der Waals surface area contributed by atoms with Crippen molar-refractivity contribution in [2.75, 3.05) is 19.1 Å². The van der Waals surface area contributed by atoms with Crippen LogP contribution >= 0.6 is 27.5 Å². The van der Waals surface area contributed by atoms with Gasteiger partial charge in [-0.05, 0) is 46.3 Å². The van der Waals surface area contributed by atoms with E-state index in [1.807, 2.05) is 24.3 Å². The fourth-order valence-corrected chi connectivity index (χ4v) is 2.27. The zero-order chi connectivity index (χ0) is 14.7. The van der Waals surface area contributed by atoms with Gasteiger partial charge in [-0.3, -0.25) is 4.79 Å². The van der Waals surface area contributed by atoms with E-state index in [4.69, 9.17) is 16.3 Å². The fraction of sp³-hybridized carbons (Fsp3) is 0.133. The second kappa shape index (κ2) is 6.29. The van der Waals surface area contributed by atoms with E-state index >= 15 is 0 Å². The summed E-state index contributed by atoms with van der Waals surface area (Å²) in [7, 11) is 3.28. The van der Waals surface area contributed by atoms with Crippen LogP contribution in [0.15, 0.2) is 46.9 Å². The number of benzene rings is 2. The minimum Gasteiger partial charge on any atom is -0.495 e. The molecule has 0 atom stereocenters. The normalized spacial score (nSPS) is 10.2. The van der Waals surface area contributed by atoms with Crippen LogP contribution in [0.2, 0.25) is 5.02 Å². The molecule has 0 heterocycles. The predicted molar refractivity (Wildman–Crippen MR) is 84.9 cm³/mol. The van der Waals surface area contributed by atoms with Crippen LogP contribution in [-0.4, -0.2) is 20.1 Å². The van der Waals surface area contributed by atoms with E-state index < -0.39 is 0 Å². The van der Waals surface area contributed by atoms with E-state index in [2.05, 4.69) is 15.9 Å². The maximum absolute atomic E-state index is 12.5. The first-order valence-electron chi connectivity index (χ1n) is 5.90. The molecule has 0 saturated heterocycles. The van der Waals surface area contributed by atoms with Crippen molar-refractivity contribution < 1.29 is 9.53 Å². The molecule has 20 heavy (non-hydrogen) atoms. The Labute approximate surface area is 131 Å². The second-order valence-electron chi connectivity index (χ2n) is 4.16. The smallest absolute Gasteiger partial charge is 0.258 e. The summed E-state index contributed by atoms with van der Waals surface area (Å²) in [6.07, 6.45) is 0. The molecule has 104 valence electrons. The molecular weight excluding hydrogens is 342 g/mol. The standard InChI is InChI=1S/C15H13BrClNO2/c1-18(13-5-3-4-6-14(13)20-2)15(19)10-7-8-11(16)12(17)9-10/h3-9H,1-2H3. The molecule has 0 spiro atoms. The highest BCUT2D eigenvalue weighted by Crippen LogP contribution is 2.29. The minimum absolute atomic E-state index is 0.149. The number of amides is 1. The largest absolute Gasteiger partial charge is 0.495 e. The van der Waals surface area contributed by atoms with Gasteiger partial charge in [0.25, 0.3) is 5.91 Å². The summed E-state index contributed by atoms with van der Waals surface area (Å²) in [6, 6.07) is 12.5. The second-order valence-corrected chi connectivity index (χ2v) is 5.43. The van der Waals surface area contributed by atoms with Crippen molar-refractivity contribution in [1.29, 1.82) is 0 Å². The molecule has 1 amide bonds. The van der Waals surface area contributed by atoms with E-state index in [9.17, 15) is 4.79 Å². The van der Waals surface area contributed by atoms with Crippen LogP contribution in [0, 0.1) is 0 Å². The van der Waals surface area contributed by atoms with Crippen LogP contribution in [0.5, 0.6) is 5.75 Å². The lowest BCUT2D eigenvalue weighted by Gasteiger charge is -2.20. The molecule has 0 aromatic heterocycles. The highest BCUT2D eigenvalue weighted by atomic mass is 79.9. The summed E-state index contributed by atoms with van der Waals surface area (Å²) in [5.74, 6) is 0.496. The number of nitrogens with zero attached hydrogens (tertiary/aromatic N) is 1. The number of hydrogen-bond acceptors (Lipinski definition) is 2. The minimum atomic E-state index is -0.149. The van der Waals surface area contributed by atoms with Gasteiger partial charge in [0.15, 0.2) is 0 Å².